The molecule has 0 bridgehead atoms. The third kappa shape index (κ3) is 3.73. The van der Waals surface area contributed by atoms with Crippen molar-refractivity contribution in [3.05, 3.63) is 59.7 Å². The molecule has 8 nitrogen and oxygen atoms in total. The number of rotatable bonds is 7. The van der Waals surface area contributed by atoms with Gasteiger partial charge >= 0.3 is 12.1 Å². The number of likely N-dealkylation sites (N-methyl/N-ethyl adjacent to an activating group) is 1. The van der Waals surface area contributed by atoms with Crippen molar-refractivity contribution in [2.75, 3.05) is 20.3 Å². The lowest BCUT2D eigenvalue weighted by atomic mass is 9.98. The summed E-state index contributed by atoms with van der Waals surface area (Å²) < 4.78 is 5.49. The maximum atomic E-state index is 12.5. The van der Waals surface area contributed by atoms with E-state index in [1.54, 1.807) is 0 Å². The first-order valence-electron chi connectivity index (χ1n) is 9.67. The molecule has 4 rings (SSSR count). The molecule has 0 spiro atoms. The molecule has 156 valence electrons. The first-order valence-corrected chi connectivity index (χ1v) is 9.67. The minimum Gasteiger partial charge on any atom is -0.479 e. The van der Waals surface area contributed by atoms with Gasteiger partial charge in [-0.25, -0.2) is 14.7 Å². The van der Waals surface area contributed by atoms with E-state index in [0.29, 0.717) is 12.8 Å². The van der Waals surface area contributed by atoms with Gasteiger partial charge in [0.05, 0.1) is 0 Å². The Balaban J connectivity index is 1.39. The van der Waals surface area contributed by atoms with E-state index in [1.807, 2.05) is 36.4 Å². The van der Waals surface area contributed by atoms with Gasteiger partial charge in [-0.05, 0) is 35.1 Å². The standard InChI is InChI=1S/C22H22N2O6/c1-24(30-13-19(25)26)20(27)22(10-11-22)23-21(28)29-12-18-16-8-4-2-6-14(16)15-7-3-5-9-17(15)18/h2-9,18H,10-13H2,1H3,(H,23,28)(H,25,26). The third-order valence-electron chi connectivity index (χ3n) is 5.51. The quantitative estimate of drug-likeness (QED) is 0.680. The Morgan fingerprint density at radius 2 is 1.63 bits per heavy atom. The number of aliphatic carboxylic acids is 1. The molecule has 1 saturated carbocycles. The van der Waals surface area contributed by atoms with Crippen LogP contribution < -0.4 is 5.32 Å². The number of carbonyl (C=O) groups excluding carboxylic acids is 2. The Kier molecular flexibility index (Phi) is 5.17. The van der Waals surface area contributed by atoms with Crippen LogP contribution in [0.3, 0.4) is 0 Å². The summed E-state index contributed by atoms with van der Waals surface area (Å²) in [5.74, 6) is -1.77. The second-order valence-electron chi connectivity index (χ2n) is 7.50. The number of carbonyl (C=O) groups is 3. The van der Waals surface area contributed by atoms with E-state index in [-0.39, 0.29) is 12.5 Å². The number of hydroxylamine groups is 2. The Morgan fingerprint density at radius 3 is 2.17 bits per heavy atom. The molecule has 2 aliphatic rings. The van der Waals surface area contributed by atoms with Crippen molar-refractivity contribution in [1.82, 2.24) is 10.4 Å². The van der Waals surface area contributed by atoms with Gasteiger partial charge < -0.3 is 15.2 Å². The van der Waals surface area contributed by atoms with Crippen LogP contribution in [-0.2, 0) is 19.2 Å². The van der Waals surface area contributed by atoms with E-state index in [0.717, 1.165) is 27.3 Å². The molecule has 30 heavy (non-hydrogen) atoms. The molecule has 0 aliphatic heterocycles. The lowest BCUT2D eigenvalue weighted by Gasteiger charge is -2.23. The van der Waals surface area contributed by atoms with E-state index >= 15 is 0 Å². The van der Waals surface area contributed by atoms with Crippen LogP contribution in [0.1, 0.15) is 29.9 Å². The van der Waals surface area contributed by atoms with Gasteiger partial charge in [0.15, 0.2) is 6.61 Å². The third-order valence-corrected chi connectivity index (χ3v) is 5.51. The smallest absolute Gasteiger partial charge is 0.408 e. The fourth-order valence-corrected chi connectivity index (χ4v) is 3.86. The largest absolute Gasteiger partial charge is 0.479 e. The van der Waals surface area contributed by atoms with Crippen LogP contribution in [0.25, 0.3) is 11.1 Å². The predicted octanol–water partition coefficient (Wildman–Crippen LogP) is 2.53. The minimum absolute atomic E-state index is 0.0735. The average molecular weight is 410 g/mol. The van der Waals surface area contributed by atoms with E-state index < -0.39 is 30.1 Å². The number of benzene rings is 2. The molecule has 2 aromatic rings. The topological polar surface area (TPSA) is 105 Å². The van der Waals surface area contributed by atoms with Crippen LogP contribution in [0.15, 0.2) is 48.5 Å². The number of nitrogens with zero attached hydrogens (tertiary/aromatic N) is 1. The highest BCUT2D eigenvalue weighted by Gasteiger charge is 2.53. The zero-order valence-electron chi connectivity index (χ0n) is 16.5. The number of ether oxygens (including phenoxy) is 1. The van der Waals surface area contributed by atoms with Crippen LogP contribution in [0, 0.1) is 0 Å². The van der Waals surface area contributed by atoms with E-state index in [4.69, 9.17) is 14.7 Å². The maximum Gasteiger partial charge on any atom is 0.408 e. The Hall–Kier alpha value is -3.39. The average Bonchev–Trinajstić information content (AvgIpc) is 3.45. The van der Waals surface area contributed by atoms with Gasteiger partial charge in [0.25, 0.3) is 5.91 Å². The number of hydrogen-bond acceptors (Lipinski definition) is 5. The summed E-state index contributed by atoms with van der Waals surface area (Å²) in [6.45, 7) is -0.487. The summed E-state index contributed by atoms with van der Waals surface area (Å²) in [5.41, 5.74) is 3.37. The number of amides is 2. The van der Waals surface area contributed by atoms with Crippen molar-refractivity contribution >= 4 is 18.0 Å². The van der Waals surface area contributed by atoms with Crippen LogP contribution in [0.2, 0.25) is 0 Å². The molecule has 2 aliphatic carbocycles. The highest BCUT2D eigenvalue weighted by molar-refractivity contribution is 5.92. The second-order valence-corrected chi connectivity index (χ2v) is 7.50. The lowest BCUT2D eigenvalue weighted by Crippen LogP contribution is -2.50. The molecular weight excluding hydrogens is 388 g/mol. The number of nitrogens with one attached hydrogen (secondary N) is 1. The first-order chi connectivity index (χ1) is 14.4. The first kappa shape index (κ1) is 19.9. The molecule has 8 heteroatoms. The molecule has 1 fully saturated rings. The summed E-state index contributed by atoms with van der Waals surface area (Å²) in [7, 11) is 1.32. The predicted molar refractivity (Wildman–Crippen MR) is 107 cm³/mol. The van der Waals surface area contributed by atoms with E-state index in [1.165, 1.54) is 7.05 Å². The molecule has 2 aromatic carbocycles. The summed E-state index contributed by atoms with van der Waals surface area (Å²) in [5, 5.41) is 12.1. The molecule has 0 saturated heterocycles. The number of carboxylic acids is 1. The maximum absolute atomic E-state index is 12.5. The van der Waals surface area contributed by atoms with Gasteiger partial charge in [0, 0.05) is 13.0 Å². The van der Waals surface area contributed by atoms with Gasteiger partial charge in [-0.15, -0.1) is 0 Å². The van der Waals surface area contributed by atoms with Gasteiger partial charge in [0.1, 0.15) is 12.1 Å². The summed E-state index contributed by atoms with van der Waals surface area (Å²) in [6.07, 6.45) is 0.197. The highest BCUT2D eigenvalue weighted by Crippen LogP contribution is 2.44. The van der Waals surface area contributed by atoms with Crippen LogP contribution in [0.5, 0.6) is 0 Å². The second kappa shape index (κ2) is 7.79. The van der Waals surface area contributed by atoms with Crippen LogP contribution >= 0.6 is 0 Å². The Labute approximate surface area is 173 Å². The molecule has 0 radical (unpaired) electrons. The van der Waals surface area contributed by atoms with Gasteiger partial charge in [-0.1, -0.05) is 48.5 Å². The highest BCUT2D eigenvalue weighted by atomic mass is 16.7. The molecule has 2 N–H and O–H groups in total. The number of hydrogen-bond donors (Lipinski definition) is 2. The van der Waals surface area contributed by atoms with Crippen LogP contribution in [0.4, 0.5) is 4.79 Å². The van der Waals surface area contributed by atoms with Crippen molar-refractivity contribution < 1.29 is 29.1 Å². The summed E-state index contributed by atoms with van der Waals surface area (Å²) in [4.78, 5) is 40.4. The van der Waals surface area contributed by atoms with Gasteiger partial charge in [-0.2, -0.15) is 0 Å². The van der Waals surface area contributed by atoms with Crippen molar-refractivity contribution in [2.45, 2.75) is 24.3 Å². The number of fused-ring (bicyclic) bond motifs is 3. The zero-order valence-corrected chi connectivity index (χ0v) is 16.5. The minimum atomic E-state index is -1.19. The van der Waals surface area contributed by atoms with Gasteiger partial charge in [-0.3, -0.25) is 9.63 Å². The van der Waals surface area contributed by atoms with Crippen molar-refractivity contribution in [3.8, 4) is 11.1 Å². The molecule has 0 atom stereocenters. The molecule has 0 aromatic heterocycles. The summed E-state index contributed by atoms with van der Waals surface area (Å²) in [6, 6.07) is 16.1. The Bertz CT molecular complexity index is 955. The van der Waals surface area contributed by atoms with Crippen molar-refractivity contribution in [3.63, 3.8) is 0 Å². The van der Waals surface area contributed by atoms with Gasteiger partial charge in [0.2, 0.25) is 0 Å². The monoisotopic (exact) mass is 410 g/mol. The van der Waals surface area contributed by atoms with E-state index in [9.17, 15) is 14.4 Å². The Morgan fingerprint density at radius 1 is 1.07 bits per heavy atom. The number of carboxylic acid groups (broad SMARTS) is 1. The summed E-state index contributed by atoms with van der Waals surface area (Å²) >= 11 is 0. The van der Waals surface area contributed by atoms with Crippen molar-refractivity contribution in [2.24, 2.45) is 0 Å². The normalized spacial score (nSPS) is 15.6. The van der Waals surface area contributed by atoms with E-state index in [2.05, 4.69) is 17.4 Å². The lowest BCUT2D eigenvalue weighted by molar-refractivity contribution is -0.188. The zero-order chi connectivity index (χ0) is 21.3. The fourth-order valence-electron chi connectivity index (χ4n) is 3.86. The molecule has 2 amide bonds. The molecular formula is C22H22N2O6. The van der Waals surface area contributed by atoms with Crippen molar-refractivity contribution in [1.29, 1.82) is 0 Å². The van der Waals surface area contributed by atoms with Crippen LogP contribution in [-0.4, -0.2) is 53.9 Å². The number of alkyl carbamates (subject to hydrolysis) is 1. The molecule has 0 heterocycles. The SMILES string of the molecule is CN(OCC(=O)O)C(=O)C1(NC(=O)OCC2c3ccccc3-c3ccccc32)CC1. The fraction of sp³-hybridized carbons (Fsp3) is 0.318. The molecule has 0 unspecified atom stereocenters.